The highest BCUT2D eigenvalue weighted by atomic mass is 16.5. The molecule has 0 spiro atoms. The molecule has 0 heterocycles. The van der Waals surface area contributed by atoms with Gasteiger partial charge in [-0.25, -0.2) is 0 Å². The lowest BCUT2D eigenvalue weighted by molar-refractivity contribution is 0.282. The zero-order chi connectivity index (χ0) is 15.7. The van der Waals surface area contributed by atoms with Gasteiger partial charge in [0.15, 0.2) is 0 Å². The maximum Gasteiger partial charge on any atom is 0.123 e. The first kappa shape index (κ1) is 18.0. The van der Waals surface area contributed by atoms with Gasteiger partial charge in [0.25, 0.3) is 0 Å². The maximum atomic E-state index is 5.80. The summed E-state index contributed by atoms with van der Waals surface area (Å²) in [7, 11) is 0. The van der Waals surface area contributed by atoms with Crippen LogP contribution < -0.4 is 10.1 Å². The molecule has 0 aliphatic carbocycles. The molecule has 0 aliphatic rings. The zero-order valence-corrected chi connectivity index (χ0v) is 14.4. The number of hydrogen-bond donors (Lipinski definition) is 1. The van der Waals surface area contributed by atoms with E-state index in [0.717, 1.165) is 38.3 Å². The van der Waals surface area contributed by atoms with E-state index in [-0.39, 0.29) is 0 Å². The Bertz CT molecular complexity index is 402. The second-order valence-corrected chi connectivity index (χ2v) is 5.44. The van der Waals surface area contributed by atoms with Crippen LogP contribution in [0.2, 0.25) is 0 Å². The third-order valence-corrected chi connectivity index (χ3v) is 3.87. The SMILES string of the molecule is CCCNC(C)c1ccc(OCC)c(CN(CC)CC)c1. The first-order chi connectivity index (χ1) is 10.2. The highest BCUT2D eigenvalue weighted by Crippen LogP contribution is 2.25. The fourth-order valence-corrected chi connectivity index (χ4v) is 2.46. The van der Waals surface area contributed by atoms with Gasteiger partial charge in [-0.05, 0) is 57.6 Å². The topological polar surface area (TPSA) is 24.5 Å². The summed E-state index contributed by atoms with van der Waals surface area (Å²) in [4.78, 5) is 2.42. The normalized spacial score (nSPS) is 12.7. The minimum absolute atomic E-state index is 0.385. The summed E-state index contributed by atoms with van der Waals surface area (Å²) in [5, 5.41) is 3.55. The Morgan fingerprint density at radius 2 is 1.86 bits per heavy atom. The summed E-state index contributed by atoms with van der Waals surface area (Å²) >= 11 is 0. The lowest BCUT2D eigenvalue weighted by Crippen LogP contribution is -2.23. The highest BCUT2D eigenvalue weighted by molar-refractivity contribution is 5.38. The van der Waals surface area contributed by atoms with Crippen molar-refractivity contribution in [2.75, 3.05) is 26.2 Å². The number of rotatable bonds is 10. The molecule has 1 atom stereocenters. The van der Waals surface area contributed by atoms with Gasteiger partial charge >= 0.3 is 0 Å². The number of benzene rings is 1. The number of hydrogen-bond acceptors (Lipinski definition) is 3. The molecule has 0 saturated carbocycles. The fraction of sp³-hybridized carbons (Fsp3) is 0.667. The van der Waals surface area contributed by atoms with E-state index >= 15 is 0 Å². The third kappa shape index (κ3) is 5.68. The first-order valence-corrected chi connectivity index (χ1v) is 8.37. The van der Waals surface area contributed by atoms with Crippen LogP contribution in [-0.4, -0.2) is 31.1 Å². The monoisotopic (exact) mass is 292 g/mol. The van der Waals surface area contributed by atoms with E-state index in [1.54, 1.807) is 0 Å². The average molecular weight is 292 g/mol. The fourth-order valence-electron chi connectivity index (χ4n) is 2.46. The molecule has 1 rings (SSSR count). The van der Waals surface area contributed by atoms with Crippen molar-refractivity contribution < 1.29 is 4.74 Å². The van der Waals surface area contributed by atoms with Gasteiger partial charge < -0.3 is 10.1 Å². The van der Waals surface area contributed by atoms with E-state index in [2.05, 4.69) is 56.1 Å². The van der Waals surface area contributed by atoms with Crippen molar-refractivity contribution in [2.24, 2.45) is 0 Å². The van der Waals surface area contributed by atoms with Gasteiger partial charge in [-0.2, -0.15) is 0 Å². The Kier molecular flexibility index (Phi) is 8.40. The van der Waals surface area contributed by atoms with Crippen LogP contribution in [0.25, 0.3) is 0 Å². The standard InChI is InChI=1S/C18H32N2O/c1-6-12-19-15(5)16-10-11-18(21-9-4)17(13-16)14-20(7-2)8-3/h10-11,13,15,19H,6-9,12,14H2,1-5H3. The van der Waals surface area contributed by atoms with E-state index in [1.807, 2.05) is 6.92 Å². The molecule has 1 aromatic carbocycles. The summed E-state index contributed by atoms with van der Waals surface area (Å²) in [5.74, 6) is 1.02. The van der Waals surface area contributed by atoms with Crippen molar-refractivity contribution in [3.63, 3.8) is 0 Å². The molecule has 1 N–H and O–H groups in total. The minimum atomic E-state index is 0.385. The van der Waals surface area contributed by atoms with Crippen LogP contribution in [0.1, 0.15) is 58.2 Å². The first-order valence-electron chi connectivity index (χ1n) is 8.37. The zero-order valence-electron chi connectivity index (χ0n) is 14.4. The molecule has 0 bridgehead atoms. The quantitative estimate of drug-likeness (QED) is 0.706. The van der Waals surface area contributed by atoms with Crippen molar-refractivity contribution in [1.29, 1.82) is 0 Å². The van der Waals surface area contributed by atoms with Gasteiger partial charge in [0.05, 0.1) is 6.61 Å². The molecule has 0 aliphatic heterocycles. The second-order valence-electron chi connectivity index (χ2n) is 5.44. The lowest BCUT2D eigenvalue weighted by Gasteiger charge is -2.22. The molecular weight excluding hydrogens is 260 g/mol. The number of ether oxygens (including phenoxy) is 1. The Hall–Kier alpha value is -1.06. The summed E-state index contributed by atoms with van der Waals surface area (Å²) in [6.07, 6.45) is 1.16. The summed E-state index contributed by atoms with van der Waals surface area (Å²) in [6.45, 7) is 15.7. The Balaban J connectivity index is 2.93. The molecule has 0 radical (unpaired) electrons. The Morgan fingerprint density at radius 1 is 1.14 bits per heavy atom. The molecule has 0 saturated heterocycles. The van der Waals surface area contributed by atoms with Crippen molar-refractivity contribution in [1.82, 2.24) is 10.2 Å². The molecule has 3 nitrogen and oxygen atoms in total. The molecular formula is C18H32N2O. The molecule has 21 heavy (non-hydrogen) atoms. The van der Waals surface area contributed by atoms with Crippen LogP contribution in [0.4, 0.5) is 0 Å². The largest absolute Gasteiger partial charge is 0.494 e. The second kappa shape index (κ2) is 9.80. The Labute approximate surface area is 130 Å². The lowest BCUT2D eigenvalue weighted by atomic mass is 10.0. The van der Waals surface area contributed by atoms with Crippen LogP contribution >= 0.6 is 0 Å². The van der Waals surface area contributed by atoms with Crippen LogP contribution in [0.15, 0.2) is 18.2 Å². The van der Waals surface area contributed by atoms with Gasteiger partial charge in [0, 0.05) is 18.2 Å². The van der Waals surface area contributed by atoms with E-state index in [4.69, 9.17) is 4.74 Å². The van der Waals surface area contributed by atoms with Crippen LogP contribution in [0.3, 0.4) is 0 Å². The molecule has 0 fully saturated rings. The van der Waals surface area contributed by atoms with Crippen molar-refractivity contribution in [2.45, 2.75) is 53.6 Å². The predicted octanol–water partition coefficient (Wildman–Crippen LogP) is 3.99. The Morgan fingerprint density at radius 3 is 2.43 bits per heavy atom. The van der Waals surface area contributed by atoms with E-state index in [9.17, 15) is 0 Å². The van der Waals surface area contributed by atoms with Crippen molar-refractivity contribution in [3.8, 4) is 5.75 Å². The van der Waals surface area contributed by atoms with Gasteiger partial charge in [-0.1, -0.05) is 26.8 Å². The minimum Gasteiger partial charge on any atom is -0.494 e. The smallest absolute Gasteiger partial charge is 0.123 e. The van der Waals surface area contributed by atoms with Gasteiger partial charge in [-0.15, -0.1) is 0 Å². The van der Waals surface area contributed by atoms with Gasteiger partial charge in [0.1, 0.15) is 5.75 Å². The molecule has 1 aromatic rings. The van der Waals surface area contributed by atoms with Crippen molar-refractivity contribution >= 4 is 0 Å². The van der Waals surface area contributed by atoms with Crippen LogP contribution in [0.5, 0.6) is 5.75 Å². The molecule has 0 amide bonds. The predicted molar refractivity (Wildman–Crippen MR) is 90.9 cm³/mol. The molecule has 120 valence electrons. The average Bonchev–Trinajstić information content (AvgIpc) is 2.51. The number of nitrogens with zero attached hydrogens (tertiary/aromatic N) is 1. The summed E-state index contributed by atoms with van der Waals surface area (Å²) in [5.41, 5.74) is 2.64. The van der Waals surface area contributed by atoms with Crippen LogP contribution in [0, 0.1) is 0 Å². The van der Waals surface area contributed by atoms with E-state index in [1.165, 1.54) is 11.1 Å². The van der Waals surface area contributed by atoms with Crippen LogP contribution in [-0.2, 0) is 6.54 Å². The molecule has 1 unspecified atom stereocenters. The van der Waals surface area contributed by atoms with E-state index < -0.39 is 0 Å². The molecule has 0 aromatic heterocycles. The maximum absolute atomic E-state index is 5.80. The van der Waals surface area contributed by atoms with E-state index in [0.29, 0.717) is 12.6 Å². The third-order valence-electron chi connectivity index (χ3n) is 3.87. The van der Waals surface area contributed by atoms with Gasteiger partial charge in [0.2, 0.25) is 0 Å². The van der Waals surface area contributed by atoms with Gasteiger partial charge in [-0.3, -0.25) is 4.90 Å². The van der Waals surface area contributed by atoms with Crippen molar-refractivity contribution in [3.05, 3.63) is 29.3 Å². The number of nitrogens with one attached hydrogen (secondary N) is 1. The summed E-state index contributed by atoms with van der Waals surface area (Å²) in [6, 6.07) is 7.00. The molecule has 3 heteroatoms. The highest BCUT2D eigenvalue weighted by Gasteiger charge is 2.11. The summed E-state index contributed by atoms with van der Waals surface area (Å²) < 4.78 is 5.80.